The third-order valence-electron chi connectivity index (χ3n) is 3.08. The summed E-state index contributed by atoms with van der Waals surface area (Å²) in [4.78, 5) is 23.9. The van der Waals surface area contributed by atoms with Crippen molar-refractivity contribution >= 4 is 12.0 Å². The SMILES string of the molecule is CC(CN(C)C(=O)NCCCc1ccccc1)C(=O)O. The van der Waals surface area contributed by atoms with E-state index in [4.69, 9.17) is 5.11 Å². The van der Waals surface area contributed by atoms with Crippen molar-refractivity contribution in [1.82, 2.24) is 10.2 Å². The van der Waals surface area contributed by atoms with Gasteiger partial charge in [0.25, 0.3) is 0 Å². The van der Waals surface area contributed by atoms with Gasteiger partial charge in [-0.2, -0.15) is 0 Å². The number of nitrogens with zero attached hydrogens (tertiary/aromatic N) is 1. The average Bonchev–Trinajstić information content (AvgIpc) is 2.44. The molecule has 0 radical (unpaired) electrons. The van der Waals surface area contributed by atoms with Gasteiger partial charge in [-0.15, -0.1) is 0 Å². The van der Waals surface area contributed by atoms with Crippen molar-refractivity contribution in [3.8, 4) is 0 Å². The van der Waals surface area contributed by atoms with Crippen molar-refractivity contribution in [3.63, 3.8) is 0 Å². The fourth-order valence-corrected chi connectivity index (χ4v) is 1.84. The van der Waals surface area contributed by atoms with Gasteiger partial charge in [0.2, 0.25) is 0 Å². The molecule has 110 valence electrons. The maximum atomic E-state index is 11.7. The van der Waals surface area contributed by atoms with E-state index in [2.05, 4.69) is 17.4 Å². The Kier molecular flexibility index (Phi) is 6.56. The predicted molar refractivity (Wildman–Crippen MR) is 77.6 cm³/mol. The Morgan fingerprint density at radius 1 is 1.30 bits per heavy atom. The van der Waals surface area contributed by atoms with Crippen molar-refractivity contribution in [2.45, 2.75) is 19.8 Å². The number of carboxylic acids is 1. The van der Waals surface area contributed by atoms with Crippen LogP contribution in [0.15, 0.2) is 30.3 Å². The molecule has 1 rings (SSSR count). The minimum Gasteiger partial charge on any atom is -0.481 e. The van der Waals surface area contributed by atoms with E-state index in [0.29, 0.717) is 6.54 Å². The molecule has 0 saturated heterocycles. The molecular weight excluding hydrogens is 256 g/mol. The number of aryl methyl sites for hydroxylation is 1. The van der Waals surface area contributed by atoms with Crippen LogP contribution in [0.2, 0.25) is 0 Å². The molecule has 1 aromatic rings. The molecule has 0 fully saturated rings. The summed E-state index contributed by atoms with van der Waals surface area (Å²) in [5.74, 6) is -1.45. The first-order chi connectivity index (χ1) is 9.50. The molecule has 2 amide bonds. The lowest BCUT2D eigenvalue weighted by atomic mass is 10.1. The first kappa shape index (κ1) is 16.0. The molecule has 0 saturated carbocycles. The molecule has 0 aromatic heterocycles. The van der Waals surface area contributed by atoms with Crippen LogP contribution in [0.5, 0.6) is 0 Å². The van der Waals surface area contributed by atoms with Gasteiger partial charge in [-0.3, -0.25) is 4.79 Å². The van der Waals surface area contributed by atoms with Gasteiger partial charge in [-0.25, -0.2) is 4.79 Å². The number of benzene rings is 1. The van der Waals surface area contributed by atoms with E-state index >= 15 is 0 Å². The van der Waals surface area contributed by atoms with Crippen LogP contribution in [0.25, 0.3) is 0 Å². The Labute approximate surface area is 119 Å². The summed E-state index contributed by atoms with van der Waals surface area (Å²) in [6.45, 7) is 2.38. The topological polar surface area (TPSA) is 69.6 Å². The smallest absolute Gasteiger partial charge is 0.317 e. The molecule has 5 heteroatoms. The van der Waals surface area contributed by atoms with Crippen LogP contribution in [0.1, 0.15) is 18.9 Å². The third-order valence-corrected chi connectivity index (χ3v) is 3.08. The van der Waals surface area contributed by atoms with Crippen LogP contribution in [-0.2, 0) is 11.2 Å². The second-order valence-corrected chi connectivity index (χ2v) is 4.94. The number of rotatable bonds is 7. The molecule has 0 heterocycles. The monoisotopic (exact) mass is 278 g/mol. The lowest BCUT2D eigenvalue weighted by Crippen LogP contribution is -2.41. The summed E-state index contributed by atoms with van der Waals surface area (Å²) in [7, 11) is 1.60. The van der Waals surface area contributed by atoms with Gasteiger partial charge < -0.3 is 15.3 Å². The zero-order valence-electron chi connectivity index (χ0n) is 12.0. The molecule has 1 aromatic carbocycles. The highest BCUT2D eigenvalue weighted by Gasteiger charge is 2.16. The van der Waals surface area contributed by atoms with Crippen LogP contribution < -0.4 is 5.32 Å². The Morgan fingerprint density at radius 2 is 1.95 bits per heavy atom. The maximum absolute atomic E-state index is 11.7. The molecular formula is C15H22N2O3. The van der Waals surface area contributed by atoms with Gasteiger partial charge >= 0.3 is 12.0 Å². The van der Waals surface area contributed by atoms with Gasteiger partial charge in [0, 0.05) is 20.1 Å². The minimum atomic E-state index is -0.895. The van der Waals surface area contributed by atoms with Crippen molar-refractivity contribution in [2.75, 3.05) is 20.1 Å². The van der Waals surface area contributed by atoms with E-state index in [0.717, 1.165) is 12.8 Å². The number of carboxylic acid groups (broad SMARTS) is 1. The van der Waals surface area contributed by atoms with E-state index in [9.17, 15) is 9.59 Å². The summed E-state index contributed by atoms with van der Waals surface area (Å²) in [6.07, 6.45) is 1.77. The van der Waals surface area contributed by atoms with Gasteiger partial charge in [-0.1, -0.05) is 37.3 Å². The van der Waals surface area contributed by atoms with Crippen LogP contribution in [-0.4, -0.2) is 42.1 Å². The molecule has 0 aliphatic heterocycles. The van der Waals surface area contributed by atoms with Gasteiger partial charge in [0.1, 0.15) is 0 Å². The number of urea groups is 1. The lowest BCUT2D eigenvalue weighted by Gasteiger charge is -2.19. The van der Waals surface area contributed by atoms with Crippen LogP contribution in [0.4, 0.5) is 4.79 Å². The Hall–Kier alpha value is -2.04. The quantitative estimate of drug-likeness (QED) is 0.749. The number of hydrogen-bond acceptors (Lipinski definition) is 2. The number of amides is 2. The number of hydrogen-bond donors (Lipinski definition) is 2. The third kappa shape index (κ3) is 5.73. The van der Waals surface area contributed by atoms with Crippen LogP contribution in [0, 0.1) is 5.92 Å². The minimum absolute atomic E-state index is 0.208. The average molecular weight is 278 g/mol. The number of aliphatic carboxylic acids is 1. The maximum Gasteiger partial charge on any atom is 0.317 e. The van der Waals surface area contributed by atoms with Crippen molar-refractivity contribution in [2.24, 2.45) is 5.92 Å². The first-order valence-electron chi connectivity index (χ1n) is 6.76. The lowest BCUT2D eigenvalue weighted by molar-refractivity contribution is -0.141. The van der Waals surface area contributed by atoms with E-state index in [1.165, 1.54) is 10.5 Å². The van der Waals surface area contributed by atoms with Crippen molar-refractivity contribution in [3.05, 3.63) is 35.9 Å². The Morgan fingerprint density at radius 3 is 2.55 bits per heavy atom. The fraction of sp³-hybridized carbons (Fsp3) is 0.467. The molecule has 1 unspecified atom stereocenters. The molecule has 20 heavy (non-hydrogen) atoms. The number of carbonyl (C=O) groups is 2. The van der Waals surface area contributed by atoms with E-state index in [-0.39, 0.29) is 12.6 Å². The van der Waals surface area contributed by atoms with Crippen LogP contribution >= 0.6 is 0 Å². The van der Waals surface area contributed by atoms with Crippen LogP contribution in [0.3, 0.4) is 0 Å². The zero-order chi connectivity index (χ0) is 15.0. The van der Waals surface area contributed by atoms with Gasteiger partial charge in [0.15, 0.2) is 0 Å². The molecule has 0 spiro atoms. The standard InChI is InChI=1S/C15H22N2O3/c1-12(14(18)19)11-17(2)15(20)16-10-6-9-13-7-4-3-5-8-13/h3-5,7-8,12H,6,9-11H2,1-2H3,(H,16,20)(H,18,19). The normalized spacial score (nSPS) is 11.7. The predicted octanol–water partition coefficient (Wildman–Crippen LogP) is 1.98. The van der Waals surface area contributed by atoms with E-state index in [1.54, 1.807) is 14.0 Å². The second kappa shape index (κ2) is 8.19. The fourth-order valence-electron chi connectivity index (χ4n) is 1.84. The Bertz CT molecular complexity index is 434. The molecule has 0 aliphatic rings. The van der Waals surface area contributed by atoms with Crippen molar-refractivity contribution < 1.29 is 14.7 Å². The summed E-state index contributed by atoms with van der Waals surface area (Å²) >= 11 is 0. The molecule has 0 bridgehead atoms. The largest absolute Gasteiger partial charge is 0.481 e. The summed E-state index contributed by atoms with van der Waals surface area (Å²) < 4.78 is 0. The number of nitrogens with one attached hydrogen (secondary N) is 1. The van der Waals surface area contributed by atoms with E-state index in [1.807, 2.05) is 18.2 Å². The second-order valence-electron chi connectivity index (χ2n) is 4.94. The van der Waals surface area contributed by atoms with E-state index < -0.39 is 11.9 Å². The highest BCUT2D eigenvalue weighted by Crippen LogP contribution is 2.02. The highest BCUT2D eigenvalue weighted by molar-refractivity contribution is 5.75. The molecule has 2 N–H and O–H groups in total. The summed E-state index contributed by atoms with van der Waals surface area (Å²) in [6, 6.07) is 9.85. The molecule has 1 atom stereocenters. The Balaban J connectivity index is 2.21. The first-order valence-corrected chi connectivity index (χ1v) is 6.76. The number of carbonyl (C=O) groups excluding carboxylic acids is 1. The summed E-state index contributed by atoms with van der Waals surface area (Å²) in [5.41, 5.74) is 1.25. The van der Waals surface area contributed by atoms with Crippen molar-refractivity contribution in [1.29, 1.82) is 0 Å². The zero-order valence-corrected chi connectivity index (χ0v) is 12.0. The van der Waals surface area contributed by atoms with Gasteiger partial charge in [0.05, 0.1) is 5.92 Å². The highest BCUT2D eigenvalue weighted by atomic mass is 16.4. The van der Waals surface area contributed by atoms with Gasteiger partial charge in [-0.05, 0) is 18.4 Å². The summed E-state index contributed by atoms with van der Waals surface area (Å²) in [5, 5.41) is 11.6. The molecule has 5 nitrogen and oxygen atoms in total. The molecule has 0 aliphatic carbocycles.